The van der Waals surface area contributed by atoms with Gasteiger partial charge in [0.2, 0.25) is 12.0 Å². The predicted molar refractivity (Wildman–Crippen MR) is 153 cm³/mol. The molecule has 1 saturated heterocycles. The minimum atomic E-state index is -2.18. The molecule has 0 saturated carbocycles. The summed E-state index contributed by atoms with van der Waals surface area (Å²) in [6.07, 6.45) is -3.45. The lowest BCUT2D eigenvalue weighted by molar-refractivity contribution is -0.350. The third kappa shape index (κ3) is 7.08. The van der Waals surface area contributed by atoms with E-state index in [1.165, 1.54) is 27.9 Å². The number of carbonyl (C=O) groups excluding carboxylic acids is 1. The molecule has 14 heteroatoms. The molecule has 0 radical (unpaired) electrons. The van der Waals surface area contributed by atoms with Gasteiger partial charge in [0, 0.05) is 43.0 Å². The van der Waals surface area contributed by atoms with Crippen LogP contribution in [0.25, 0.3) is 11.0 Å². The van der Waals surface area contributed by atoms with Crippen molar-refractivity contribution in [3.05, 3.63) is 24.0 Å². The van der Waals surface area contributed by atoms with Crippen molar-refractivity contribution < 1.29 is 53.7 Å². The Balaban J connectivity index is 1.83. The van der Waals surface area contributed by atoms with Crippen LogP contribution in [0.15, 0.2) is 22.8 Å². The maximum atomic E-state index is 12.3. The number of fused-ring (bicyclic) bond motifs is 5. The molecule has 3 heterocycles. The third-order valence-electron chi connectivity index (χ3n) is 7.24. The molecule has 0 amide bonds. The summed E-state index contributed by atoms with van der Waals surface area (Å²) in [6.45, 7) is 2.42. The van der Waals surface area contributed by atoms with E-state index >= 15 is 0 Å². The average molecular weight is 618 g/mol. The van der Waals surface area contributed by atoms with Crippen molar-refractivity contribution in [3.8, 4) is 11.5 Å². The zero-order valence-electron chi connectivity index (χ0n) is 23.0. The van der Waals surface area contributed by atoms with Gasteiger partial charge < -0.3 is 54.2 Å². The summed E-state index contributed by atoms with van der Waals surface area (Å²) in [5, 5.41) is 58.1. The van der Waals surface area contributed by atoms with Crippen LogP contribution < -0.4 is 14.8 Å². The van der Waals surface area contributed by atoms with E-state index in [9.17, 15) is 30.3 Å². The van der Waals surface area contributed by atoms with Crippen molar-refractivity contribution in [1.29, 1.82) is 0 Å². The summed E-state index contributed by atoms with van der Waals surface area (Å²) < 4.78 is 29.6. The Hall–Kier alpha value is -1.75. The summed E-state index contributed by atoms with van der Waals surface area (Å²) in [5.41, 5.74) is -2.95. The smallest absolute Gasteiger partial charge is 0.306 e. The first kappa shape index (κ1) is 32.2. The Kier molecular flexibility index (Phi) is 11.5. The van der Waals surface area contributed by atoms with Crippen molar-refractivity contribution in [2.75, 3.05) is 51.0 Å². The zero-order chi connectivity index (χ0) is 29.5. The van der Waals surface area contributed by atoms with Gasteiger partial charge in [-0.05, 0) is 43.9 Å². The van der Waals surface area contributed by atoms with Crippen LogP contribution in [0.5, 0.6) is 11.5 Å². The number of furan rings is 1. The molecule has 6 N–H and O–H groups in total. The first-order valence-corrected chi connectivity index (χ1v) is 16.2. The van der Waals surface area contributed by atoms with Crippen LogP contribution in [0, 0.1) is 0 Å². The van der Waals surface area contributed by atoms with Crippen LogP contribution in [0.3, 0.4) is 0 Å². The molecular formula is C27H39NO11S2. The number of hydrogen-bond donors (Lipinski definition) is 6. The minimum Gasteiger partial charge on any atom is -0.485 e. The van der Waals surface area contributed by atoms with Crippen LogP contribution in [-0.2, 0) is 20.7 Å². The maximum absolute atomic E-state index is 12.3. The van der Waals surface area contributed by atoms with Gasteiger partial charge >= 0.3 is 5.97 Å². The molecule has 2 aliphatic rings. The molecule has 2 aliphatic heterocycles. The third-order valence-corrected chi connectivity index (χ3v) is 9.73. The Morgan fingerprint density at radius 1 is 1.20 bits per heavy atom. The summed E-state index contributed by atoms with van der Waals surface area (Å²) in [4.78, 5) is 12.3. The highest BCUT2D eigenvalue weighted by atomic mass is 33.1. The van der Waals surface area contributed by atoms with E-state index < -0.39 is 42.3 Å². The molecule has 0 unspecified atom stereocenters. The van der Waals surface area contributed by atoms with E-state index in [4.69, 9.17) is 23.4 Å². The number of aryl methyl sites for hydroxylation is 1. The number of benzene rings is 1. The predicted octanol–water partition coefficient (Wildman–Crippen LogP) is 0.983. The van der Waals surface area contributed by atoms with Gasteiger partial charge in [-0.1, -0.05) is 21.6 Å². The quantitative estimate of drug-likeness (QED) is 0.182. The summed E-state index contributed by atoms with van der Waals surface area (Å²) >= 11 is 0. The minimum absolute atomic E-state index is 0.0324. The number of hydrogen-bond acceptors (Lipinski definition) is 14. The molecule has 1 fully saturated rings. The molecule has 2 aromatic rings. The first-order chi connectivity index (χ1) is 19.8. The maximum Gasteiger partial charge on any atom is 0.306 e. The van der Waals surface area contributed by atoms with Gasteiger partial charge in [-0.3, -0.25) is 4.79 Å². The number of nitrogens with one attached hydrogen (secondary N) is 1. The fraction of sp³-hybridized carbons (Fsp3) is 0.667. The molecule has 0 aliphatic carbocycles. The SMILES string of the molecule is CCOC(=O)CCc1cc2ccoc2c2c1O[C@H]1O[C@@](CO)(CSSCCNCCO2)[C@@H](O)[C@H](O)[C@]1(O)CCCO. The van der Waals surface area contributed by atoms with Crippen LogP contribution >= 0.6 is 21.6 Å². The van der Waals surface area contributed by atoms with Crippen LogP contribution in [0.1, 0.15) is 31.7 Å². The Labute approximate surface area is 246 Å². The van der Waals surface area contributed by atoms with E-state index in [0.717, 1.165) is 0 Å². The van der Waals surface area contributed by atoms with Crippen molar-refractivity contribution in [2.24, 2.45) is 0 Å². The second-order valence-electron chi connectivity index (χ2n) is 10.0. The summed E-state index contributed by atoms with van der Waals surface area (Å²) in [6, 6.07) is 3.53. The molecule has 1 aromatic carbocycles. The van der Waals surface area contributed by atoms with Crippen LogP contribution in [0.2, 0.25) is 0 Å². The highest BCUT2D eigenvalue weighted by molar-refractivity contribution is 8.76. The normalized spacial score (nSPS) is 29.5. The van der Waals surface area contributed by atoms with E-state index in [1.54, 1.807) is 19.1 Å². The highest BCUT2D eigenvalue weighted by Crippen LogP contribution is 2.46. The largest absolute Gasteiger partial charge is 0.485 e. The molecule has 4 rings (SSSR count). The van der Waals surface area contributed by atoms with Gasteiger partial charge in [-0.25, -0.2) is 0 Å². The topological polar surface area (TPSA) is 180 Å². The monoisotopic (exact) mass is 617 g/mol. The number of carbonyl (C=O) groups is 1. The highest BCUT2D eigenvalue weighted by Gasteiger charge is 2.62. The number of aliphatic hydroxyl groups excluding tert-OH is 4. The molecule has 41 heavy (non-hydrogen) atoms. The number of esters is 1. The van der Waals surface area contributed by atoms with E-state index in [2.05, 4.69) is 5.32 Å². The Bertz CT molecular complexity index is 1150. The second kappa shape index (κ2) is 14.6. The van der Waals surface area contributed by atoms with Crippen LogP contribution in [-0.4, -0.2) is 112 Å². The van der Waals surface area contributed by atoms with Gasteiger partial charge in [0.05, 0.1) is 19.5 Å². The van der Waals surface area contributed by atoms with Gasteiger partial charge in [0.15, 0.2) is 16.9 Å². The average Bonchev–Trinajstić information content (AvgIpc) is 3.44. The van der Waals surface area contributed by atoms with Crippen LogP contribution in [0.4, 0.5) is 0 Å². The molecular weight excluding hydrogens is 578 g/mol. The molecule has 230 valence electrons. The molecule has 1 aromatic heterocycles. The van der Waals surface area contributed by atoms with Gasteiger partial charge in [-0.2, -0.15) is 0 Å². The first-order valence-electron chi connectivity index (χ1n) is 13.7. The molecule has 5 atom stereocenters. The fourth-order valence-corrected chi connectivity index (χ4v) is 7.35. The van der Waals surface area contributed by atoms with Crippen molar-refractivity contribution in [3.63, 3.8) is 0 Å². The lowest BCUT2D eigenvalue weighted by atomic mass is 9.78. The lowest BCUT2D eigenvalue weighted by Crippen LogP contribution is -2.73. The fourth-order valence-electron chi connectivity index (χ4n) is 4.94. The number of rotatable bonds is 8. The molecule has 12 nitrogen and oxygen atoms in total. The summed E-state index contributed by atoms with van der Waals surface area (Å²) in [5.74, 6) is 0.726. The van der Waals surface area contributed by atoms with Crippen molar-refractivity contribution in [2.45, 2.75) is 62.3 Å². The van der Waals surface area contributed by atoms with Gasteiger partial charge in [0.1, 0.15) is 24.4 Å². The van der Waals surface area contributed by atoms with Crippen molar-refractivity contribution in [1.82, 2.24) is 5.32 Å². The number of ether oxygens (including phenoxy) is 4. The Morgan fingerprint density at radius 3 is 2.78 bits per heavy atom. The van der Waals surface area contributed by atoms with E-state index in [0.29, 0.717) is 35.4 Å². The Morgan fingerprint density at radius 2 is 2.02 bits per heavy atom. The van der Waals surface area contributed by atoms with Gasteiger partial charge in [0.25, 0.3) is 0 Å². The summed E-state index contributed by atoms with van der Waals surface area (Å²) in [7, 11) is 2.85. The lowest BCUT2D eigenvalue weighted by Gasteiger charge is -2.53. The second-order valence-corrected chi connectivity index (χ2v) is 12.6. The zero-order valence-corrected chi connectivity index (χ0v) is 24.6. The van der Waals surface area contributed by atoms with E-state index in [-0.39, 0.29) is 62.8 Å². The van der Waals surface area contributed by atoms with Crippen molar-refractivity contribution >= 4 is 38.5 Å². The standard InChI is InChI=1S/C27H39NO11S2/c1-2-35-19(31)5-4-17-14-18-6-11-36-20(18)22-21(17)38-25-27(34,7-3-10-29)24(33)23(32)26(15-30,39-25)16-41-40-13-9-28-8-12-37-22/h6,11,14,23-25,28-30,32-34H,2-5,7-10,12-13,15-16H2,1H3/t23-,24-,25-,26-,27+/m0/s1. The number of aliphatic hydroxyl groups is 5. The molecule has 2 bridgehead atoms. The van der Waals surface area contributed by atoms with E-state index in [1.807, 2.05) is 0 Å². The van der Waals surface area contributed by atoms with Gasteiger partial charge in [-0.15, -0.1) is 0 Å². The molecule has 0 spiro atoms.